The first-order valence-electron chi connectivity index (χ1n) is 9.30. The van der Waals surface area contributed by atoms with E-state index >= 15 is 0 Å². The molecular formula is C23H20ClN2O4. The monoisotopic (exact) mass is 423 g/mol. The van der Waals surface area contributed by atoms with Crippen LogP contribution in [0.5, 0.6) is 0 Å². The van der Waals surface area contributed by atoms with Crippen LogP contribution in [0.15, 0.2) is 54.6 Å². The number of H-pyrrole nitrogens is 2. The Labute approximate surface area is 178 Å². The van der Waals surface area contributed by atoms with Gasteiger partial charge in [-0.25, -0.2) is 4.79 Å². The van der Waals surface area contributed by atoms with E-state index in [1.165, 1.54) is 14.2 Å². The number of methoxy groups -OCH3 is 2. The number of hydrogen-bond acceptors (Lipinski definition) is 4. The molecule has 2 heterocycles. The van der Waals surface area contributed by atoms with E-state index < -0.39 is 17.4 Å². The lowest BCUT2D eigenvalue weighted by Crippen LogP contribution is -2.39. The largest absolute Gasteiger partial charge is 0.468 e. The second-order valence-corrected chi connectivity index (χ2v) is 7.49. The van der Waals surface area contributed by atoms with E-state index in [2.05, 4.69) is 9.97 Å². The number of carbonyl (C=O) groups excluding carboxylic acids is 2. The average molecular weight is 424 g/mol. The van der Waals surface area contributed by atoms with E-state index in [1.54, 1.807) is 13.0 Å². The van der Waals surface area contributed by atoms with Gasteiger partial charge in [-0.2, -0.15) is 0 Å². The molecule has 1 radical (unpaired) electrons. The minimum atomic E-state index is -1.39. The van der Waals surface area contributed by atoms with Gasteiger partial charge in [0.25, 0.3) is 0 Å². The van der Waals surface area contributed by atoms with Crippen molar-refractivity contribution in [2.45, 2.75) is 12.3 Å². The Kier molecular flexibility index (Phi) is 5.03. The molecule has 0 saturated carbocycles. The summed E-state index contributed by atoms with van der Waals surface area (Å²) in [6.45, 7) is 1.67. The minimum absolute atomic E-state index is 0.123. The van der Waals surface area contributed by atoms with Crippen LogP contribution in [0.3, 0.4) is 0 Å². The van der Waals surface area contributed by atoms with Crippen molar-refractivity contribution in [3.05, 3.63) is 76.9 Å². The van der Waals surface area contributed by atoms with Gasteiger partial charge in [0.2, 0.25) is 0 Å². The highest BCUT2D eigenvalue weighted by molar-refractivity contribution is 6.33. The zero-order valence-corrected chi connectivity index (χ0v) is 17.5. The van der Waals surface area contributed by atoms with Crippen molar-refractivity contribution in [3.8, 4) is 0 Å². The number of para-hydroxylation sites is 2. The Morgan fingerprint density at radius 1 is 0.933 bits per heavy atom. The first-order valence-corrected chi connectivity index (χ1v) is 9.68. The van der Waals surface area contributed by atoms with E-state index in [1.807, 2.05) is 48.5 Å². The summed E-state index contributed by atoms with van der Waals surface area (Å²) < 4.78 is 10.1. The highest BCUT2D eigenvalue weighted by Gasteiger charge is 2.48. The zero-order valence-electron chi connectivity index (χ0n) is 16.7. The van der Waals surface area contributed by atoms with Crippen LogP contribution in [0.2, 0.25) is 0 Å². The summed E-state index contributed by atoms with van der Waals surface area (Å²) in [6, 6.07) is 16.8. The van der Waals surface area contributed by atoms with Gasteiger partial charge in [-0.15, -0.1) is 11.6 Å². The second-order valence-electron chi connectivity index (χ2n) is 7.11. The van der Waals surface area contributed by atoms with Crippen molar-refractivity contribution >= 4 is 45.3 Å². The fourth-order valence-corrected chi connectivity index (χ4v) is 4.06. The molecule has 153 valence electrons. The Morgan fingerprint density at radius 3 is 2.27 bits per heavy atom. The Balaban J connectivity index is 1.95. The van der Waals surface area contributed by atoms with Gasteiger partial charge in [-0.05, 0) is 30.5 Å². The number of benzene rings is 2. The molecule has 0 aliphatic heterocycles. The molecule has 1 atom stereocenters. The van der Waals surface area contributed by atoms with Crippen LogP contribution >= 0.6 is 11.6 Å². The summed E-state index contributed by atoms with van der Waals surface area (Å²) in [5.41, 5.74) is 1.31. The number of esters is 2. The highest BCUT2D eigenvalue weighted by Crippen LogP contribution is 2.44. The summed E-state index contributed by atoms with van der Waals surface area (Å²) in [4.78, 5) is 32.1. The highest BCUT2D eigenvalue weighted by atomic mass is 35.5. The van der Waals surface area contributed by atoms with Crippen molar-refractivity contribution in [1.29, 1.82) is 0 Å². The van der Waals surface area contributed by atoms with Gasteiger partial charge in [0.05, 0.1) is 25.5 Å². The maximum atomic E-state index is 13.0. The maximum Gasteiger partial charge on any atom is 0.340 e. The fraction of sp³-hybridized carbons (Fsp3) is 0.174. The van der Waals surface area contributed by atoms with E-state index in [4.69, 9.17) is 21.1 Å². The molecular weight excluding hydrogens is 404 g/mol. The molecule has 0 bridgehead atoms. The number of nitrogens with one attached hydrogen (secondary N) is 2. The van der Waals surface area contributed by atoms with Crippen LogP contribution < -0.4 is 0 Å². The zero-order chi connectivity index (χ0) is 21.5. The van der Waals surface area contributed by atoms with Gasteiger partial charge in [-0.1, -0.05) is 36.4 Å². The van der Waals surface area contributed by atoms with Gasteiger partial charge in [0.15, 0.2) is 0 Å². The lowest BCUT2D eigenvalue weighted by molar-refractivity contribution is -0.145. The van der Waals surface area contributed by atoms with Crippen molar-refractivity contribution in [2.75, 3.05) is 14.2 Å². The van der Waals surface area contributed by atoms with Crippen molar-refractivity contribution in [2.24, 2.45) is 0 Å². The van der Waals surface area contributed by atoms with Crippen LogP contribution in [0.25, 0.3) is 21.8 Å². The van der Waals surface area contributed by atoms with Crippen LogP contribution in [-0.2, 0) is 19.7 Å². The predicted octanol–water partition coefficient (Wildman–Crippen LogP) is 4.69. The number of fused-ring (bicyclic) bond motifs is 2. The Hall–Kier alpha value is -3.25. The molecule has 1 unspecified atom stereocenters. The minimum Gasteiger partial charge on any atom is -0.468 e. The van der Waals surface area contributed by atoms with Crippen LogP contribution in [-0.4, -0.2) is 36.1 Å². The van der Waals surface area contributed by atoms with E-state index in [9.17, 15) is 9.59 Å². The first kappa shape index (κ1) is 20.0. The molecule has 30 heavy (non-hydrogen) atoms. The molecule has 6 nitrogen and oxygen atoms in total. The average Bonchev–Trinajstić information content (AvgIpc) is 3.38. The van der Waals surface area contributed by atoms with Gasteiger partial charge in [0, 0.05) is 22.1 Å². The molecule has 0 aliphatic carbocycles. The van der Waals surface area contributed by atoms with Gasteiger partial charge in [0.1, 0.15) is 10.8 Å². The smallest absolute Gasteiger partial charge is 0.340 e. The number of carbonyl (C=O) groups is 2. The SMILES string of the molecule is COC(=O)c1c([C](Cl)C(C)(C(=O)OC)c2cc3ccccc3[nH]2)[nH]c2ccccc12. The van der Waals surface area contributed by atoms with Gasteiger partial charge in [-0.3, -0.25) is 4.79 Å². The number of aromatic nitrogens is 2. The fourth-order valence-electron chi connectivity index (χ4n) is 3.74. The molecule has 4 rings (SSSR count). The Morgan fingerprint density at radius 2 is 1.60 bits per heavy atom. The molecule has 2 N–H and O–H groups in total. The Bertz CT molecular complexity index is 1230. The lowest BCUT2D eigenvalue weighted by Gasteiger charge is -2.29. The molecule has 7 heteroatoms. The maximum absolute atomic E-state index is 13.0. The quantitative estimate of drug-likeness (QED) is 0.456. The second kappa shape index (κ2) is 7.54. The normalized spacial score (nSPS) is 13.5. The molecule has 0 spiro atoms. The molecule has 2 aromatic carbocycles. The molecule has 0 saturated heterocycles. The summed E-state index contributed by atoms with van der Waals surface area (Å²) in [6.07, 6.45) is 0. The summed E-state index contributed by atoms with van der Waals surface area (Å²) in [5.74, 6) is -1.11. The van der Waals surface area contributed by atoms with Crippen molar-refractivity contribution in [3.63, 3.8) is 0 Å². The molecule has 4 aromatic rings. The van der Waals surface area contributed by atoms with Gasteiger partial charge >= 0.3 is 11.9 Å². The van der Waals surface area contributed by atoms with Crippen LogP contribution in [0.4, 0.5) is 0 Å². The van der Waals surface area contributed by atoms with E-state index in [0.717, 1.165) is 10.9 Å². The number of halogens is 1. The lowest BCUT2D eigenvalue weighted by atomic mass is 9.80. The molecule has 0 fully saturated rings. The van der Waals surface area contributed by atoms with Crippen LogP contribution in [0, 0.1) is 5.38 Å². The molecule has 2 aromatic heterocycles. The van der Waals surface area contributed by atoms with Crippen molar-refractivity contribution < 1.29 is 19.1 Å². The van der Waals surface area contributed by atoms with E-state index in [0.29, 0.717) is 22.3 Å². The summed E-state index contributed by atoms with van der Waals surface area (Å²) >= 11 is 6.88. The summed E-state index contributed by atoms with van der Waals surface area (Å²) in [7, 11) is 2.61. The van der Waals surface area contributed by atoms with Crippen molar-refractivity contribution in [1.82, 2.24) is 9.97 Å². The number of rotatable bonds is 5. The number of hydrogen-bond donors (Lipinski definition) is 2. The standard InChI is InChI=1S/C23H20ClN2O4/c1-23(22(28)30-3,17-12-13-8-4-6-10-15(13)25-17)20(24)19-18(21(27)29-2)14-9-5-7-11-16(14)26-19/h4-12,25-26H,1-3H3. The third-order valence-corrected chi connectivity index (χ3v) is 5.98. The predicted molar refractivity (Wildman–Crippen MR) is 116 cm³/mol. The van der Waals surface area contributed by atoms with Crippen LogP contribution in [0.1, 0.15) is 28.7 Å². The topological polar surface area (TPSA) is 84.2 Å². The van der Waals surface area contributed by atoms with E-state index in [-0.39, 0.29) is 10.9 Å². The number of ether oxygens (including phenoxy) is 2. The number of aromatic amines is 2. The van der Waals surface area contributed by atoms with Gasteiger partial charge < -0.3 is 19.4 Å². The third-order valence-electron chi connectivity index (χ3n) is 5.42. The first-order chi connectivity index (χ1) is 14.4. The molecule has 0 aliphatic rings. The summed E-state index contributed by atoms with van der Waals surface area (Å²) in [5, 5.41) is 1.70. The molecule has 0 amide bonds. The third kappa shape index (κ3) is 2.95.